The molecule has 1 amide bonds. The standard InChI is InChI=1S/C19H27N3O2/c1-13(2)11-19(4,12-20)22-17(23)10-16-14(3)24-18(21-16)15-8-6-5-7-9-15/h5-9,13H,10-12,20H2,1-4H3,(H,22,23). The van der Waals surface area contributed by atoms with Crippen molar-refractivity contribution in [3.8, 4) is 11.5 Å². The van der Waals surface area contributed by atoms with E-state index in [0.29, 0.717) is 29.8 Å². The molecule has 1 atom stereocenters. The van der Waals surface area contributed by atoms with E-state index in [1.54, 1.807) is 0 Å². The van der Waals surface area contributed by atoms with Crippen LogP contribution in [0.1, 0.15) is 38.6 Å². The van der Waals surface area contributed by atoms with Crippen LogP contribution in [-0.4, -0.2) is 23.0 Å². The van der Waals surface area contributed by atoms with Gasteiger partial charge in [-0.3, -0.25) is 4.79 Å². The number of benzene rings is 1. The van der Waals surface area contributed by atoms with Crippen LogP contribution in [0, 0.1) is 12.8 Å². The molecule has 0 fully saturated rings. The summed E-state index contributed by atoms with van der Waals surface area (Å²) in [7, 11) is 0. The van der Waals surface area contributed by atoms with Crippen LogP contribution in [0.3, 0.4) is 0 Å². The van der Waals surface area contributed by atoms with Gasteiger partial charge in [0.1, 0.15) is 5.76 Å². The topological polar surface area (TPSA) is 81.2 Å². The van der Waals surface area contributed by atoms with Gasteiger partial charge in [-0.2, -0.15) is 0 Å². The van der Waals surface area contributed by atoms with Crippen LogP contribution in [0.2, 0.25) is 0 Å². The van der Waals surface area contributed by atoms with Crippen molar-refractivity contribution in [2.75, 3.05) is 6.54 Å². The number of nitrogens with zero attached hydrogens (tertiary/aromatic N) is 1. The summed E-state index contributed by atoms with van der Waals surface area (Å²) in [6.45, 7) is 8.46. The zero-order chi connectivity index (χ0) is 17.7. The fourth-order valence-electron chi connectivity index (χ4n) is 2.92. The minimum absolute atomic E-state index is 0.0837. The quantitative estimate of drug-likeness (QED) is 0.818. The van der Waals surface area contributed by atoms with Gasteiger partial charge in [-0.15, -0.1) is 0 Å². The second-order valence-electron chi connectivity index (χ2n) is 6.98. The molecule has 0 saturated heterocycles. The monoisotopic (exact) mass is 329 g/mol. The summed E-state index contributed by atoms with van der Waals surface area (Å²) in [5, 5.41) is 3.05. The van der Waals surface area contributed by atoms with E-state index in [0.717, 1.165) is 12.0 Å². The highest BCUT2D eigenvalue weighted by Crippen LogP contribution is 2.22. The molecular weight excluding hydrogens is 302 g/mol. The first-order valence-corrected chi connectivity index (χ1v) is 8.36. The summed E-state index contributed by atoms with van der Waals surface area (Å²) in [6.07, 6.45) is 1.03. The van der Waals surface area contributed by atoms with E-state index < -0.39 is 5.54 Å². The number of aromatic nitrogens is 1. The number of oxazole rings is 1. The molecule has 0 spiro atoms. The second-order valence-corrected chi connectivity index (χ2v) is 6.98. The Kier molecular flexibility index (Phi) is 5.78. The van der Waals surface area contributed by atoms with Crippen LogP contribution in [0.25, 0.3) is 11.5 Å². The molecule has 0 saturated carbocycles. The fraction of sp³-hybridized carbons (Fsp3) is 0.474. The molecule has 1 heterocycles. The zero-order valence-electron chi connectivity index (χ0n) is 14.9. The Bertz CT molecular complexity index is 679. The number of carbonyl (C=O) groups excluding carboxylic acids is 1. The minimum Gasteiger partial charge on any atom is -0.441 e. The summed E-state index contributed by atoms with van der Waals surface area (Å²) < 4.78 is 5.71. The molecule has 130 valence electrons. The molecule has 24 heavy (non-hydrogen) atoms. The van der Waals surface area contributed by atoms with Crippen molar-refractivity contribution in [1.29, 1.82) is 0 Å². The molecule has 1 aromatic carbocycles. The van der Waals surface area contributed by atoms with Crippen LogP contribution >= 0.6 is 0 Å². The van der Waals surface area contributed by atoms with Crippen LogP contribution in [-0.2, 0) is 11.2 Å². The number of aryl methyl sites for hydroxylation is 1. The lowest BCUT2D eigenvalue weighted by Crippen LogP contribution is -2.52. The third kappa shape index (κ3) is 4.68. The number of carbonyl (C=O) groups is 1. The van der Waals surface area contributed by atoms with Crippen molar-refractivity contribution in [2.45, 2.75) is 46.1 Å². The normalized spacial score (nSPS) is 13.8. The van der Waals surface area contributed by atoms with Gasteiger partial charge in [0.25, 0.3) is 0 Å². The maximum Gasteiger partial charge on any atom is 0.226 e. The summed E-state index contributed by atoms with van der Waals surface area (Å²) in [5.41, 5.74) is 7.02. The summed E-state index contributed by atoms with van der Waals surface area (Å²) in [5.74, 6) is 1.58. The van der Waals surface area contributed by atoms with Crippen molar-refractivity contribution >= 4 is 5.91 Å². The first-order valence-electron chi connectivity index (χ1n) is 8.36. The van der Waals surface area contributed by atoms with Crippen molar-refractivity contribution in [3.63, 3.8) is 0 Å². The average molecular weight is 329 g/mol. The second kappa shape index (κ2) is 7.62. The van der Waals surface area contributed by atoms with Crippen molar-refractivity contribution < 1.29 is 9.21 Å². The lowest BCUT2D eigenvalue weighted by atomic mass is 9.90. The molecule has 5 heteroatoms. The summed E-state index contributed by atoms with van der Waals surface area (Å²) in [6, 6.07) is 9.67. The molecule has 5 nitrogen and oxygen atoms in total. The van der Waals surface area contributed by atoms with Gasteiger partial charge in [0, 0.05) is 17.6 Å². The molecule has 3 N–H and O–H groups in total. The van der Waals surface area contributed by atoms with Crippen molar-refractivity contribution in [3.05, 3.63) is 41.8 Å². The maximum absolute atomic E-state index is 12.4. The molecular formula is C19H27N3O2. The van der Waals surface area contributed by atoms with E-state index >= 15 is 0 Å². The Balaban J connectivity index is 2.08. The predicted molar refractivity (Wildman–Crippen MR) is 95.4 cm³/mol. The molecule has 0 radical (unpaired) electrons. The minimum atomic E-state index is -0.398. The highest BCUT2D eigenvalue weighted by atomic mass is 16.4. The Labute approximate surface area is 143 Å². The number of rotatable bonds is 7. The van der Waals surface area contributed by atoms with Gasteiger partial charge in [0.2, 0.25) is 11.8 Å². The summed E-state index contributed by atoms with van der Waals surface area (Å²) in [4.78, 5) is 16.9. The van der Waals surface area contributed by atoms with Gasteiger partial charge in [-0.05, 0) is 38.3 Å². The van der Waals surface area contributed by atoms with Gasteiger partial charge in [-0.1, -0.05) is 32.0 Å². The first-order chi connectivity index (χ1) is 11.3. The van der Waals surface area contributed by atoms with E-state index in [9.17, 15) is 4.79 Å². The highest BCUT2D eigenvalue weighted by Gasteiger charge is 2.26. The molecule has 0 bridgehead atoms. The van der Waals surface area contributed by atoms with E-state index in [2.05, 4.69) is 24.1 Å². The Morgan fingerprint density at radius 2 is 2.00 bits per heavy atom. The van der Waals surface area contributed by atoms with E-state index in [1.165, 1.54) is 0 Å². The predicted octanol–water partition coefficient (Wildman–Crippen LogP) is 3.07. The van der Waals surface area contributed by atoms with Crippen molar-refractivity contribution in [1.82, 2.24) is 10.3 Å². The highest BCUT2D eigenvalue weighted by molar-refractivity contribution is 5.79. The number of nitrogens with two attached hydrogens (primary N) is 1. The number of amides is 1. The average Bonchev–Trinajstić information content (AvgIpc) is 2.88. The zero-order valence-corrected chi connectivity index (χ0v) is 14.9. The Hall–Kier alpha value is -2.14. The van der Waals surface area contributed by atoms with E-state index in [4.69, 9.17) is 10.2 Å². The molecule has 1 unspecified atom stereocenters. The largest absolute Gasteiger partial charge is 0.441 e. The van der Waals surface area contributed by atoms with E-state index in [-0.39, 0.29) is 12.3 Å². The third-order valence-corrected chi connectivity index (χ3v) is 3.99. The maximum atomic E-state index is 12.4. The summed E-state index contributed by atoms with van der Waals surface area (Å²) >= 11 is 0. The Morgan fingerprint density at radius 3 is 2.58 bits per heavy atom. The molecule has 0 aliphatic rings. The molecule has 1 aromatic heterocycles. The SMILES string of the molecule is Cc1oc(-c2ccccc2)nc1CC(=O)NC(C)(CN)CC(C)C. The van der Waals surface area contributed by atoms with Crippen LogP contribution in [0.15, 0.2) is 34.7 Å². The molecule has 0 aliphatic carbocycles. The molecule has 2 aromatic rings. The van der Waals surface area contributed by atoms with Gasteiger partial charge in [0.15, 0.2) is 0 Å². The number of hydrogen-bond donors (Lipinski definition) is 2. The van der Waals surface area contributed by atoms with Gasteiger partial charge in [0.05, 0.1) is 12.1 Å². The van der Waals surface area contributed by atoms with E-state index in [1.807, 2.05) is 44.2 Å². The van der Waals surface area contributed by atoms with Crippen LogP contribution in [0.5, 0.6) is 0 Å². The molecule has 0 aliphatic heterocycles. The third-order valence-electron chi connectivity index (χ3n) is 3.99. The van der Waals surface area contributed by atoms with Crippen LogP contribution < -0.4 is 11.1 Å². The van der Waals surface area contributed by atoms with Gasteiger partial charge >= 0.3 is 0 Å². The smallest absolute Gasteiger partial charge is 0.226 e. The lowest BCUT2D eigenvalue weighted by molar-refractivity contribution is -0.122. The van der Waals surface area contributed by atoms with Crippen LogP contribution in [0.4, 0.5) is 0 Å². The van der Waals surface area contributed by atoms with Crippen molar-refractivity contribution in [2.24, 2.45) is 11.7 Å². The van der Waals surface area contributed by atoms with Gasteiger partial charge in [-0.25, -0.2) is 4.98 Å². The number of nitrogens with one attached hydrogen (secondary N) is 1. The Morgan fingerprint density at radius 1 is 1.33 bits per heavy atom. The number of hydrogen-bond acceptors (Lipinski definition) is 4. The van der Waals surface area contributed by atoms with Gasteiger partial charge < -0.3 is 15.5 Å². The molecule has 2 rings (SSSR count). The first kappa shape index (κ1) is 18.2. The fourth-order valence-corrected chi connectivity index (χ4v) is 2.92. The lowest BCUT2D eigenvalue weighted by Gasteiger charge is -2.31.